The van der Waals surface area contributed by atoms with E-state index in [1.54, 1.807) is 11.8 Å². The first-order valence-electron chi connectivity index (χ1n) is 8.84. The summed E-state index contributed by atoms with van der Waals surface area (Å²) in [6, 6.07) is 0.379. The van der Waals surface area contributed by atoms with Crippen molar-refractivity contribution in [2.45, 2.75) is 63.4 Å². The maximum absolute atomic E-state index is 12.6. The van der Waals surface area contributed by atoms with Crippen LogP contribution in [0.15, 0.2) is 5.03 Å². The van der Waals surface area contributed by atoms with Crippen LogP contribution in [0.3, 0.4) is 0 Å². The van der Waals surface area contributed by atoms with E-state index in [9.17, 15) is 4.79 Å². The van der Waals surface area contributed by atoms with Crippen molar-refractivity contribution in [3.05, 3.63) is 16.3 Å². The summed E-state index contributed by atoms with van der Waals surface area (Å²) >= 11 is 3.42. The van der Waals surface area contributed by atoms with Crippen molar-refractivity contribution >= 4 is 39.2 Å². The summed E-state index contributed by atoms with van der Waals surface area (Å²) in [5, 5.41) is 2.23. The van der Waals surface area contributed by atoms with E-state index < -0.39 is 0 Å². The van der Waals surface area contributed by atoms with Gasteiger partial charge in [0.15, 0.2) is 0 Å². The molecule has 128 valence electrons. The highest BCUT2D eigenvalue weighted by Gasteiger charge is 2.25. The number of hydrogen-bond donors (Lipinski definition) is 0. The Morgan fingerprint density at radius 1 is 1.29 bits per heavy atom. The molecule has 3 heterocycles. The molecule has 1 aliphatic carbocycles. The molecule has 0 spiro atoms. The number of thiophene rings is 1. The zero-order valence-electron chi connectivity index (χ0n) is 14.3. The van der Waals surface area contributed by atoms with E-state index in [1.165, 1.54) is 35.1 Å². The number of nitrogens with zero attached hydrogens (tertiary/aromatic N) is 3. The first-order chi connectivity index (χ1) is 11.6. The number of piperidine rings is 1. The Hall–Kier alpha value is -1.14. The van der Waals surface area contributed by atoms with Crippen LogP contribution < -0.4 is 0 Å². The van der Waals surface area contributed by atoms with Gasteiger partial charge >= 0.3 is 0 Å². The topological polar surface area (TPSA) is 46.1 Å². The van der Waals surface area contributed by atoms with Gasteiger partial charge in [0, 0.05) is 22.8 Å². The fourth-order valence-corrected chi connectivity index (χ4v) is 6.21. The quantitative estimate of drug-likeness (QED) is 0.613. The normalized spacial score (nSPS) is 20.6. The molecule has 1 fully saturated rings. The SMILES string of the molecule is Cc1nc(SCC(=O)N2CCCC[C@H]2C)c2c3c(sc2n1)CCC3. The van der Waals surface area contributed by atoms with Crippen molar-refractivity contribution in [1.29, 1.82) is 0 Å². The van der Waals surface area contributed by atoms with Crippen LogP contribution in [-0.4, -0.2) is 39.1 Å². The van der Waals surface area contributed by atoms with Gasteiger partial charge in [-0.05, 0) is 57.9 Å². The monoisotopic (exact) mass is 361 g/mol. The summed E-state index contributed by atoms with van der Waals surface area (Å²) in [5.74, 6) is 1.55. The fraction of sp³-hybridized carbons (Fsp3) is 0.611. The Morgan fingerprint density at radius 3 is 3.00 bits per heavy atom. The number of aryl methyl sites for hydroxylation is 3. The van der Waals surface area contributed by atoms with Crippen LogP contribution in [-0.2, 0) is 17.6 Å². The van der Waals surface area contributed by atoms with Gasteiger partial charge < -0.3 is 4.90 Å². The van der Waals surface area contributed by atoms with Gasteiger partial charge in [-0.25, -0.2) is 9.97 Å². The predicted octanol–water partition coefficient (Wildman–Crippen LogP) is 3.98. The van der Waals surface area contributed by atoms with E-state index >= 15 is 0 Å². The van der Waals surface area contributed by atoms with Crippen LogP contribution >= 0.6 is 23.1 Å². The minimum absolute atomic E-state index is 0.253. The average molecular weight is 362 g/mol. The van der Waals surface area contributed by atoms with Crippen LogP contribution in [0.1, 0.15) is 48.9 Å². The lowest BCUT2D eigenvalue weighted by atomic mass is 10.0. The Kier molecular flexibility index (Phi) is 4.52. The lowest BCUT2D eigenvalue weighted by Crippen LogP contribution is -2.42. The molecule has 0 bridgehead atoms. The lowest BCUT2D eigenvalue weighted by Gasteiger charge is -2.33. The third kappa shape index (κ3) is 2.94. The van der Waals surface area contributed by atoms with Crippen LogP contribution in [0.5, 0.6) is 0 Å². The van der Waals surface area contributed by atoms with Crippen LogP contribution in [0.4, 0.5) is 0 Å². The highest BCUT2D eigenvalue weighted by Crippen LogP contribution is 2.40. The first kappa shape index (κ1) is 16.3. The third-order valence-electron chi connectivity index (χ3n) is 5.10. The maximum atomic E-state index is 12.6. The molecule has 6 heteroatoms. The number of likely N-dealkylation sites (tertiary alicyclic amines) is 1. The number of carbonyl (C=O) groups excluding carboxylic acids is 1. The zero-order chi connectivity index (χ0) is 16.7. The number of carbonyl (C=O) groups is 1. The molecule has 2 aliphatic rings. The molecule has 0 aromatic carbocycles. The average Bonchev–Trinajstić information content (AvgIpc) is 3.13. The predicted molar refractivity (Wildman–Crippen MR) is 99.9 cm³/mol. The van der Waals surface area contributed by atoms with Crippen molar-refractivity contribution in [2.75, 3.05) is 12.3 Å². The van der Waals surface area contributed by atoms with Gasteiger partial charge in [-0.3, -0.25) is 4.79 Å². The van der Waals surface area contributed by atoms with Crippen molar-refractivity contribution in [3.8, 4) is 0 Å². The van der Waals surface area contributed by atoms with E-state index in [1.807, 2.05) is 18.3 Å². The standard InChI is InChI=1S/C18H23N3OS2/c1-11-6-3-4-9-21(11)15(22)10-23-17-16-13-7-5-8-14(13)24-18(16)20-12(2)19-17/h11H,3-10H2,1-2H3/t11-/m1/s1. The number of fused-ring (bicyclic) bond motifs is 3. The van der Waals surface area contributed by atoms with Gasteiger partial charge in [-0.1, -0.05) is 11.8 Å². The molecule has 24 heavy (non-hydrogen) atoms. The number of thioether (sulfide) groups is 1. The van der Waals surface area contributed by atoms with E-state index in [4.69, 9.17) is 0 Å². The lowest BCUT2D eigenvalue weighted by molar-refractivity contribution is -0.131. The summed E-state index contributed by atoms with van der Waals surface area (Å²) in [6.07, 6.45) is 7.04. The maximum Gasteiger partial charge on any atom is 0.233 e. The highest BCUT2D eigenvalue weighted by molar-refractivity contribution is 8.00. The van der Waals surface area contributed by atoms with E-state index in [0.717, 1.165) is 41.5 Å². The molecule has 4 rings (SSSR count). The Morgan fingerprint density at radius 2 is 2.17 bits per heavy atom. The van der Waals surface area contributed by atoms with Gasteiger partial charge in [0.2, 0.25) is 5.91 Å². The number of aromatic nitrogens is 2. The van der Waals surface area contributed by atoms with Crippen LogP contribution in [0, 0.1) is 6.92 Å². The van der Waals surface area contributed by atoms with Gasteiger partial charge in [0.25, 0.3) is 0 Å². The number of amides is 1. The summed E-state index contributed by atoms with van der Waals surface area (Å²) in [4.78, 5) is 26.6. The number of rotatable bonds is 3. The fourth-order valence-electron chi connectivity index (χ4n) is 3.85. The summed E-state index contributed by atoms with van der Waals surface area (Å²) in [6.45, 7) is 5.02. The second-order valence-electron chi connectivity index (χ2n) is 6.83. The second kappa shape index (κ2) is 6.64. The summed E-state index contributed by atoms with van der Waals surface area (Å²) in [7, 11) is 0. The molecule has 1 amide bonds. The molecular weight excluding hydrogens is 338 g/mol. The molecule has 0 saturated carbocycles. The molecule has 4 nitrogen and oxygen atoms in total. The molecule has 1 atom stereocenters. The molecule has 1 saturated heterocycles. The van der Waals surface area contributed by atoms with Crippen LogP contribution in [0.2, 0.25) is 0 Å². The van der Waals surface area contributed by atoms with E-state index in [0.29, 0.717) is 11.8 Å². The molecule has 2 aromatic heterocycles. The van der Waals surface area contributed by atoms with Gasteiger partial charge in [-0.15, -0.1) is 11.3 Å². The summed E-state index contributed by atoms with van der Waals surface area (Å²) in [5.41, 5.74) is 1.44. The highest BCUT2D eigenvalue weighted by atomic mass is 32.2. The van der Waals surface area contributed by atoms with Gasteiger partial charge in [0.1, 0.15) is 15.7 Å². The number of hydrogen-bond acceptors (Lipinski definition) is 5. The molecular formula is C18H23N3OS2. The third-order valence-corrected chi connectivity index (χ3v) is 7.24. The van der Waals surface area contributed by atoms with Gasteiger partial charge in [0.05, 0.1) is 5.75 Å². The van der Waals surface area contributed by atoms with Crippen molar-refractivity contribution in [2.24, 2.45) is 0 Å². The minimum atomic E-state index is 0.253. The minimum Gasteiger partial charge on any atom is -0.339 e. The Bertz CT molecular complexity index is 786. The van der Waals surface area contributed by atoms with E-state index in [2.05, 4.69) is 21.8 Å². The van der Waals surface area contributed by atoms with E-state index in [-0.39, 0.29) is 5.91 Å². The van der Waals surface area contributed by atoms with Crippen LogP contribution in [0.25, 0.3) is 10.2 Å². The zero-order valence-corrected chi connectivity index (χ0v) is 15.9. The smallest absolute Gasteiger partial charge is 0.233 e. The molecule has 0 N–H and O–H groups in total. The Labute approximate surface area is 151 Å². The Balaban J connectivity index is 1.57. The molecule has 0 unspecified atom stereocenters. The second-order valence-corrected chi connectivity index (χ2v) is 8.88. The van der Waals surface area contributed by atoms with Crippen molar-refractivity contribution in [1.82, 2.24) is 14.9 Å². The van der Waals surface area contributed by atoms with Crippen molar-refractivity contribution < 1.29 is 4.79 Å². The molecule has 2 aromatic rings. The van der Waals surface area contributed by atoms with Gasteiger partial charge in [-0.2, -0.15) is 0 Å². The molecule has 0 radical (unpaired) electrons. The molecule has 1 aliphatic heterocycles. The van der Waals surface area contributed by atoms with Crippen molar-refractivity contribution in [3.63, 3.8) is 0 Å². The summed E-state index contributed by atoms with van der Waals surface area (Å²) < 4.78 is 0. The largest absolute Gasteiger partial charge is 0.339 e. The first-order valence-corrected chi connectivity index (χ1v) is 10.6.